The summed E-state index contributed by atoms with van der Waals surface area (Å²) < 4.78 is 5.90. The number of morpholine rings is 1. The zero-order valence-electron chi connectivity index (χ0n) is 13.6. The van der Waals surface area contributed by atoms with E-state index in [1.807, 2.05) is 30.0 Å². The summed E-state index contributed by atoms with van der Waals surface area (Å²) in [5.74, 6) is 0. The summed E-state index contributed by atoms with van der Waals surface area (Å²) in [5, 5.41) is 3.58. The SMILES string of the molecule is CC1COC(Cc2ccccc2)CN1C(=O)Nc1ccc(Cl)cc1. The van der Waals surface area contributed by atoms with Gasteiger partial charge in [-0.2, -0.15) is 0 Å². The third-order valence-corrected chi connectivity index (χ3v) is 4.42. The van der Waals surface area contributed by atoms with Crippen LogP contribution in [0.1, 0.15) is 12.5 Å². The first kappa shape index (κ1) is 16.8. The highest BCUT2D eigenvalue weighted by atomic mass is 35.5. The van der Waals surface area contributed by atoms with E-state index < -0.39 is 0 Å². The number of halogens is 1. The number of ether oxygens (including phenoxy) is 1. The Kier molecular flexibility index (Phi) is 5.38. The van der Waals surface area contributed by atoms with Gasteiger partial charge in [0.2, 0.25) is 0 Å². The van der Waals surface area contributed by atoms with Crippen LogP contribution in [0, 0.1) is 0 Å². The molecule has 1 aliphatic heterocycles. The molecular formula is C19H21ClN2O2. The van der Waals surface area contributed by atoms with E-state index in [-0.39, 0.29) is 18.2 Å². The smallest absolute Gasteiger partial charge is 0.322 e. The van der Waals surface area contributed by atoms with Gasteiger partial charge in [-0.25, -0.2) is 4.79 Å². The van der Waals surface area contributed by atoms with Gasteiger partial charge in [0.25, 0.3) is 0 Å². The van der Waals surface area contributed by atoms with Gasteiger partial charge in [-0.05, 0) is 36.8 Å². The fourth-order valence-electron chi connectivity index (χ4n) is 2.83. The highest BCUT2D eigenvalue weighted by Crippen LogP contribution is 2.18. The zero-order valence-corrected chi connectivity index (χ0v) is 14.4. The molecule has 0 radical (unpaired) electrons. The van der Waals surface area contributed by atoms with Gasteiger partial charge in [0.1, 0.15) is 0 Å². The maximum atomic E-state index is 12.6. The second-order valence-corrected chi connectivity index (χ2v) is 6.52. The topological polar surface area (TPSA) is 41.6 Å². The van der Waals surface area contributed by atoms with E-state index in [9.17, 15) is 4.79 Å². The molecule has 2 unspecified atom stereocenters. The Morgan fingerprint density at radius 2 is 1.92 bits per heavy atom. The minimum absolute atomic E-state index is 0.0135. The zero-order chi connectivity index (χ0) is 16.9. The lowest BCUT2D eigenvalue weighted by Crippen LogP contribution is -2.52. The van der Waals surface area contributed by atoms with E-state index in [4.69, 9.17) is 16.3 Å². The number of hydrogen-bond donors (Lipinski definition) is 1. The summed E-state index contributed by atoms with van der Waals surface area (Å²) in [6.07, 6.45) is 0.817. The number of anilines is 1. The predicted octanol–water partition coefficient (Wildman–Crippen LogP) is 4.20. The van der Waals surface area contributed by atoms with Crippen molar-refractivity contribution in [2.75, 3.05) is 18.5 Å². The Hall–Kier alpha value is -2.04. The molecule has 1 saturated heterocycles. The molecular weight excluding hydrogens is 324 g/mol. The largest absolute Gasteiger partial charge is 0.374 e. The standard InChI is InChI=1S/C19H21ClN2O2/c1-14-13-24-18(11-15-5-3-2-4-6-15)12-22(14)19(23)21-17-9-7-16(20)8-10-17/h2-10,14,18H,11-13H2,1H3,(H,21,23). The first-order valence-corrected chi connectivity index (χ1v) is 8.48. The minimum Gasteiger partial charge on any atom is -0.374 e. The Morgan fingerprint density at radius 1 is 1.21 bits per heavy atom. The molecule has 0 aliphatic carbocycles. The first-order valence-electron chi connectivity index (χ1n) is 8.10. The van der Waals surface area contributed by atoms with E-state index in [2.05, 4.69) is 17.4 Å². The Labute approximate surface area is 147 Å². The number of urea groups is 1. The van der Waals surface area contributed by atoms with E-state index in [0.29, 0.717) is 18.2 Å². The van der Waals surface area contributed by atoms with Gasteiger partial charge in [0.05, 0.1) is 18.8 Å². The lowest BCUT2D eigenvalue weighted by Gasteiger charge is -2.38. The van der Waals surface area contributed by atoms with E-state index in [0.717, 1.165) is 12.1 Å². The van der Waals surface area contributed by atoms with Gasteiger partial charge in [-0.3, -0.25) is 0 Å². The van der Waals surface area contributed by atoms with Crippen molar-refractivity contribution in [1.29, 1.82) is 0 Å². The Balaban J connectivity index is 1.62. The van der Waals surface area contributed by atoms with Crippen LogP contribution in [0.2, 0.25) is 5.02 Å². The van der Waals surface area contributed by atoms with Crippen LogP contribution in [-0.4, -0.2) is 36.2 Å². The van der Waals surface area contributed by atoms with Crippen LogP contribution in [0.3, 0.4) is 0 Å². The molecule has 4 nitrogen and oxygen atoms in total. The molecule has 0 aromatic heterocycles. The molecule has 0 spiro atoms. The summed E-state index contributed by atoms with van der Waals surface area (Å²) in [5.41, 5.74) is 1.96. The number of nitrogens with zero attached hydrogens (tertiary/aromatic N) is 1. The van der Waals surface area contributed by atoms with Crippen LogP contribution in [0.25, 0.3) is 0 Å². The van der Waals surface area contributed by atoms with Crippen LogP contribution < -0.4 is 5.32 Å². The van der Waals surface area contributed by atoms with Crippen LogP contribution in [0.5, 0.6) is 0 Å². The molecule has 0 saturated carbocycles. The molecule has 126 valence electrons. The molecule has 24 heavy (non-hydrogen) atoms. The third-order valence-electron chi connectivity index (χ3n) is 4.17. The molecule has 2 aromatic rings. The van der Waals surface area contributed by atoms with Crippen LogP contribution in [-0.2, 0) is 11.2 Å². The lowest BCUT2D eigenvalue weighted by molar-refractivity contribution is -0.0383. The Morgan fingerprint density at radius 3 is 2.62 bits per heavy atom. The van der Waals surface area contributed by atoms with Crippen LogP contribution >= 0.6 is 11.6 Å². The number of nitrogens with one attached hydrogen (secondary N) is 1. The van der Waals surface area contributed by atoms with Crippen molar-refractivity contribution in [3.63, 3.8) is 0 Å². The molecule has 5 heteroatoms. The number of benzene rings is 2. The van der Waals surface area contributed by atoms with Gasteiger partial charge in [0, 0.05) is 23.7 Å². The van der Waals surface area contributed by atoms with Crippen molar-refractivity contribution in [1.82, 2.24) is 4.90 Å². The summed E-state index contributed by atoms with van der Waals surface area (Å²) in [6, 6.07) is 17.3. The second kappa shape index (κ2) is 7.69. The third kappa shape index (κ3) is 4.28. The molecule has 1 heterocycles. The van der Waals surface area contributed by atoms with Crippen molar-refractivity contribution in [3.05, 3.63) is 65.2 Å². The van der Waals surface area contributed by atoms with Gasteiger partial charge < -0.3 is 15.0 Å². The molecule has 1 aliphatic rings. The average molecular weight is 345 g/mol. The minimum atomic E-state index is -0.105. The van der Waals surface area contributed by atoms with Crippen molar-refractivity contribution >= 4 is 23.3 Å². The molecule has 2 atom stereocenters. The van der Waals surface area contributed by atoms with E-state index in [1.54, 1.807) is 24.3 Å². The van der Waals surface area contributed by atoms with Gasteiger partial charge in [-0.15, -0.1) is 0 Å². The quantitative estimate of drug-likeness (QED) is 0.906. The van der Waals surface area contributed by atoms with Crippen LogP contribution in [0.4, 0.5) is 10.5 Å². The maximum absolute atomic E-state index is 12.6. The summed E-state index contributed by atoms with van der Waals surface area (Å²) >= 11 is 5.88. The monoisotopic (exact) mass is 344 g/mol. The lowest BCUT2D eigenvalue weighted by atomic mass is 10.1. The first-order chi connectivity index (χ1) is 11.6. The van der Waals surface area contributed by atoms with Gasteiger partial charge in [-0.1, -0.05) is 41.9 Å². The Bertz CT molecular complexity index is 676. The summed E-state index contributed by atoms with van der Waals surface area (Å²) in [7, 11) is 0. The van der Waals surface area contributed by atoms with E-state index in [1.165, 1.54) is 5.56 Å². The van der Waals surface area contributed by atoms with Gasteiger partial charge >= 0.3 is 6.03 Å². The number of carbonyl (C=O) groups excluding carboxylic acids is 1. The molecule has 3 rings (SSSR count). The molecule has 0 bridgehead atoms. The predicted molar refractivity (Wildman–Crippen MR) is 96.5 cm³/mol. The number of hydrogen-bond acceptors (Lipinski definition) is 2. The molecule has 1 fully saturated rings. The van der Waals surface area contributed by atoms with Crippen molar-refractivity contribution in [3.8, 4) is 0 Å². The maximum Gasteiger partial charge on any atom is 0.322 e. The number of amides is 2. The number of rotatable bonds is 3. The second-order valence-electron chi connectivity index (χ2n) is 6.08. The highest BCUT2D eigenvalue weighted by Gasteiger charge is 2.29. The highest BCUT2D eigenvalue weighted by molar-refractivity contribution is 6.30. The van der Waals surface area contributed by atoms with Crippen molar-refractivity contribution < 1.29 is 9.53 Å². The fourth-order valence-corrected chi connectivity index (χ4v) is 2.96. The fraction of sp³-hybridized carbons (Fsp3) is 0.316. The summed E-state index contributed by atoms with van der Waals surface area (Å²) in [4.78, 5) is 14.4. The van der Waals surface area contributed by atoms with Crippen LogP contribution in [0.15, 0.2) is 54.6 Å². The van der Waals surface area contributed by atoms with Gasteiger partial charge in [0.15, 0.2) is 0 Å². The average Bonchev–Trinajstić information content (AvgIpc) is 2.59. The molecule has 1 N–H and O–H groups in total. The van der Waals surface area contributed by atoms with E-state index >= 15 is 0 Å². The normalized spacial score (nSPS) is 20.7. The molecule has 2 amide bonds. The summed E-state index contributed by atoms with van der Waals surface area (Å²) in [6.45, 7) is 3.13. The van der Waals surface area contributed by atoms with Crippen molar-refractivity contribution in [2.45, 2.75) is 25.5 Å². The molecule has 2 aromatic carbocycles. The number of carbonyl (C=O) groups is 1. The van der Waals surface area contributed by atoms with Crippen molar-refractivity contribution in [2.24, 2.45) is 0 Å².